The maximum absolute atomic E-state index is 7.92. The molecule has 0 aromatic carbocycles. The van der Waals surface area contributed by atoms with E-state index in [-0.39, 0.29) is 0 Å². The molecular weight excluding hydrogens is 173 g/mol. The third-order valence-electron chi connectivity index (χ3n) is 1.60. The Morgan fingerprint density at radius 3 is 2.70 bits per heavy atom. The highest BCUT2D eigenvalue weighted by atomic mass is 35.5. The molecule has 1 atom stereocenters. The summed E-state index contributed by atoms with van der Waals surface area (Å²) in [5.41, 5.74) is 7.92. The number of azide groups is 1. The Morgan fingerprint density at radius 1 is 1.70 bits per heavy atom. The van der Waals surface area contributed by atoms with Crippen LogP contribution < -0.4 is 0 Å². The quantitative estimate of drug-likeness (QED) is 0.277. The van der Waals surface area contributed by atoms with Crippen LogP contribution in [-0.4, -0.2) is 10.9 Å². The summed E-state index contributed by atoms with van der Waals surface area (Å²) < 4.78 is -0.523. The Hall–Kier alpha value is -0.110. The predicted octanol–water partition coefficient (Wildman–Crippen LogP) is 2.88. The van der Waals surface area contributed by atoms with Gasteiger partial charge in [0.05, 0.1) is 0 Å². The normalized spacial score (nSPS) is 27.2. The first-order chi connectivity index (χ1) is 4.67. The minimum Gasteiger partial charge on any atom is -0.101 e. The Balaban J connectivity index is 2.13. The van der Waals surface area contributed by atoms with Gasteiger partial charge in [-0.25, -0.2) is 0 Å². The molecule has 0 bridgehead atoms. The Kier molecular flexibility index (Phi) is 2.29. The van der Waals surface area contributed by atoms with Crippen LogP contribution in [-0.2, 0) is 0 Å². The van der Waals surface area contributed by atoms with E-state index < -0.39 is 4.33 Å². The van der Waals surface area contributed by atoms with Gasteiger partial charge in [-0.3, -0.25) is 0 Å². The van der Waals surface area contributed by atoms with Crippen LogP contribution in [0.4, 0.5) is 0 Å². The molecule has 1 aliphatic carbocycles. The van der Waals surface area contributed by atoms with Gasteiger partial charge in [0.2, 0.25) is 0 Å². The first-order valence-electron chi connectivity index (χ1n) is 3.05. The molecule has 56 valence electrons. The van der Waals surface area contributed by atoms with E-state index in [1.807, 2.05) is 0 Å². The van der Waals surface area contributed by atoms with Crippen LogP contribution in [0.15, 0.2) is 5.11 Å². The van der Waals surface area contributed by atoms with Crippen molar-refractivity contribution in [3.63, 3.8) is 0 Å². The van der Waals surface area contributed by atoms with Crippen LogP contribution in [0.5, 0.6) is 0 Å². The summed E-state index contributed by atoms with van der Waals surface area (Å²) in [6, 6.07) is 0. The van der Waals surface area contributed by atoms with Crippen LogP contribution in [0.25, 0.3) is 10.4 Å². The van der Waals surface area contributed by atoms with Crippen molar-refractivity contribution in [1.29, 1.82) is 0 Å². The van der Waals surface area contributed by atoms with E-state index in [9.17, 15) is 0 Å². The lowest BCUT2D eigenvalue weighted by atomic mass is 10.3. The number of nitrogens with zero attached hydrogens (tertiary/aromatic N) is 3. The van der Waals surface area contributed by atoms with Crippen LogP contribution in [0.1, 0.15) is 12.8 Å². The molecule has 0 aliphatic heterocycles. The number of hydrogen-bond acceptors (Lipinski definition) is 1. The fourth-order valence-corrected chi connectivity index (χ4v) is 1.43. The Labute approximate surface area is 68.9 Å². The second-order valence-electron chi connectivity index (χ2n) is 2.41. The number of halogens is 2. The molecule has 1 saturated carbocycles. The number of rotatable bonds is 3. The van der Waals surface area contributed by atoms with E-state index in [4.69, 9.17) is 28.7 Å². The highest BCUT2D eigenvalue weighted by molar-refractivity contribution is 6.50. The molecule has 5 heteroatoms. The lowest BCUT2D eigenvalue weighted by molar-refractivity contribution is 0.728. The maximum atomic E-state index is 7.92. The monoisotopic (exact) mass is 179 g/mol. The number of hydrogen-bond donors (Lipinski definition) is 0. The van der Waals surface area contributed by atoms with Crippen molar-refractivity contribution in [2.24, 2.45) is 11.0 Å². The smallest absolute Gasteiger partial charge is 0.101 e. The van der Waals surface area contributed by atoms with Crippen molar-refractivity contribution in [3.8, 4) is 0 Å². The van der Waals surface area contributed by atoms with E-state index in [1.54, 1.807) is 0 Å². The molecule has 1 unspecified atom stereocenters. The van der Waals surface area contributed by atoms with Crippen molar-refractivity contribution in [2.75, 3.05) is 6.54 Å². The van der Waals surface area contributed by atoms with Gasteiger partial charge in [0, 0.05) is 11.5 Å². The molecule has 0 spiro atoms. The van der Waals surface area contributed by atoms with Gasteiger partial charge >= 0.3 is 0 Å². The van der Waals surface area contributed by atoms with Gasteiger partial charge in [0.1, 0.15) is 4.33 Å². The van der Waals surface area contributed by atoms with E-state index in [1.165, 1.54) is 0 Å². The SMILES string of the molecule is [N-]=[N+]=NCCC1CC1(Cl)Cl. The Bertz CT molecular complexity index is 174. The van der Waals surface area contributed by atoms with Gasteiger partial charge in [-0.15, -0.1) is 23.2 Å². The van der Waals surface area contributed by atoms with E-state index in [0.29, 0.717) is 12.5 Å². The molecule has 0 heterocycles. The largest absolute Gasteiger partial charge is 0.121 e. The van der Waals surface area contributed by atoms with Crippen LogP contribution in [0.3, 0.4) is 0 Å². The fourth-order valence-electron chi connectivity index (χ4n) is 0.841. The first kappa shape index (κ1) is 7.99. The topological polar surface area (TPSA) is 48.8 Å². The zero-order valence-corrected chi connectivity index (χ0v) is 6.81. The van der Waals surface area contributed by atoms with Crippen molar-refractivity contribution >= 4 is 23.2 Å². The van der Waals surface area contributed by atoms with Crippen molar-refractivity contribution in [2.45, 2.75) is 17.2 Å². The molecule has 0 amide bonds. The van der Waals surface area contributed by atoms with E-state index >= 15 is 0 Å². The van der Waals surface area contributed by atoms with Crippen molar-refractivity contribution < 1.29 is 0 Å². The average molecular weight is 180 g/mol. The van der Waals surface area contributed by atoms with Gasteiger partial charge in [0.15, 0.2) is 0 Å². The second-order valence-corrected chi connectivity index (χ2v) is 3.95. The molecule has 0 radical (unpaired) electrons. The summed E-state index contributed by atoms with van der Waals surface area (Å²) >= 11 is 11.4. The van der Waals surface area contributed by atoms with Crippen LogP contribution >= 0.6 is 23.2 Å². The molecule has 1 rings (SSSR count). The lowest BCUT2D eigenvalue weighted by Crippen LogP contribution is -1.91. The molecular formula is C5H7Cl2N3. The molecule has 1 aliphatic rings. The van der Waals surface area contributed by atoms with Crippen molar-refractivity contribution in [1.82, 2.24) is 0 Å². The molecule has 1 fully saturated rings. The molecule has 0 N–H and O–H groups in total. The van der Waals surface area contributed by atoms with Gasteiger partial charge in [-0.2, -0.15) is 0 Å². The summed E-state index contributed by atoms with van der Waals surface area (Å²) in [6.45, 7) is 0.502. The summed E-state index contributed by atoms with van der Waals surface area (Å²) in [7, 11) is 0. The van der Waals surface area contributed by atoms with Gasteiger partial charge in [-0.1, -0.05) is 5.11 Å². The third-order valence-corrected chi connectivity index (χ3v) is 2.52. The highest BCUT2D eigenvalue weighted by Crippen LogP contribution is 2.54. The zero-order chi connectivity index (χ0) is 7.61. The van der Waals surface area contributed by atoms with Gasteiger partial charge in [0.25, 0.3) is 0 Å². The van der Waals surface area contributed by atoms with Crippen molar-refractivity contribution in [3.05, 3.63) is 10.4 Å². The second kappa shape index (κ2) is 2.87. The first-order valence-corrected chi connectivity index (χ1v) is 3.81. The highest BCUT2D eigenvalue weighted by Gasteiger charge is 2.50. The number of alkyl halides is 2. The summed E-state index contributed by atoms with van der Waals surface area (Å²) in [4.78, 5) is 2.62. The molecule has 0 aromatic rings. The summed E-state index contributed by atoms with van der Waals surface area (Å²) in [5.74, 6) is 0.335. The standard InChI is InChI=1S/C5H7Cl2N3/c6-5(7)3-4(5)1-2-9-10-8/h4H,1-3H2. The van der Waals surface area contributed by atoms with Gasteiger partial charge < -0.3 is 0 Å². The molecule has 3 nitrogen and oxygen atoms in total. The van der Waals surface area contributed by atoms with Crippen LogP contribution in [0.2, 0.25) is 0 Å². The fraction of sp³-hybridized carbons (Fsp3) is 1.00. The lowest BCUT2D eigenvalue weighted by Gasteiger charge is -1.93. The minimum atomic E-state index is -0.523. The van der Waals surface area contributed by atoms with Gasteiger partial charge in [-0.05, 0) is 24.3 Å². The van der Waals surface area contributed by atoms with Crippen LogP contribution in [0, 0.1) is 5.92 Å². The third kappa shape index (κ3) is 1.94. The maximum Gasteiger partial charge on any atom is 0.121 e. The van der Waals surface area contributed by atoms with E-state index in [2.05, 4.69) is 10.0 Å². The zero-order valence-electron chi connectivity index (χ0n) is 5.30. The summed E-state index contributed by atoms with van der Waals surface area (Å²) in [6.07, 6.45) is 1.63. The Morgan fingerprint density at radius 2 is 2.30 bits per heavy atom. The minimum absolute atomic E-state index is 0.335. The summed E-state index contributed by atoms with van der Waals surface area (Å²) in [5, 5.41) is 3.38. The average Bonchev–Trinajstić information content (AvgIpc) is 2.41. The predicted molar refractivity (Wildman–Crippen MR) is 41.2 cm³/mol. The molecule has 0 saturated heterocycles. The molecule has 10 heavy (non-hydrogen) atoms. The van der Waals surface area contributed by atoms with E-state index in [0.717, 1.165) is 12.8 Å². The molecule has 0 aromatic heterocycles.